The zero-order valence-corrected chi connectivity index (χ0v) is 15.1. The lowest BCUT2D eigenvalue weighted by molar-refractivity contribution is -0.131. The van der Waals surface area contributed by atoms with Gasteiger partial charge in [-0.2, -0.15) is 5.10 Å². The van der Waals surface area contributed by atoms with Gasteiger partial charge in [0.05, 0.1) is 12.7 Å². The van der Waals surface area contributed by atoms with E-state index in [4.69, 9.17) is 0 Å². The highest BCUT2D eigenvalue weighted by Crippen LogP contribution is 2.35. The largest absolute Gasteiger partial charge is 0.349 e. The van der Waals surface area contributed by atoms with E-state index in [2.05, 4.69) is 20.3 Å². The van der Waals surface area contributed by atoms with Crippen molar-refractivity contribution < 1.29 is 9.59 Å². The molecule has 8 heteroatoms. The molecule has 1 N–H and O–H groups in total. The molecule has 0 radical (unpaired) electrons. The van der Waals surface area contributed by atoms with Crippen molar-refractivity contribution in [2.24, 2.45) is 0 Å². The fourth-order valence-corrected chi connectivity index (χ4v) is 4.20. The summed E-state index contributed by atoms with van der Waals surface area (Å²) in [6.45, 7) is 0.473. The van der Waals surface area contributed by atoms with Crippen LogP contribution < -0.4 is 5.32 Å². The Labute approximate surface area is 152 Å². The van der Waals surface area contributed by atoms with Crippen LogP contribution in [0.3, 0.4) is 0 Å². The smallest absolute Gasteiger partial charge is 0.256 e. The van der Waals surface area contributed by atoms with Crippen LogP contribution in [-0.2, 0) is 4.79 Å². The first-order chi connectivity index (χ1) is 12.5. The van der Waals surface area contributed by atoms with Crippen molar-refractivity contribution in [3.63, 3.8) is 0 Å². The standard InChI is InChI=1S/C18H24N6O2/c1-22(2)16(25)11-23-13-4-5-14(23)9-12(8-13)21-18(26)15-10-20-24-7-3-6-19-17(15)24/h3,6-7,10,12-14H,4-5,8-9,11H2,1-2H3,(H,21,26). The van der Waals surface area contributed by atoms with Gasteiger partial charge >= 0.3 is 0 Å². The van der Waals surface area contributed by atoms with Crippen LogP contribution >= 0.6 is 0 Å². The molecule has 0 spiro atoms. The number of carbonyl (C=O) groups is 2. The Hall–Kier alpha value is -2.48. The summed E-state index contributed by atoms with van der Waals surface area (Å²) in [6, 6.07) is 2.64. The van der Waals surface area contributed by atoms with Crippen LogP contribution in [0.5, 0.6) is 0 Å². The number of hydrogen-bond acceptors (Lipinski definition) is 5. The van der Waals surface area contributed by atoms with Gasteiger partial charge in [0.2, 0.25) is 5.91 Å². The third kappa shape index (κ3) is 3.05. The van der Waals surface area contributed by atoms with Crippen molar-refractivity contribution >= 4 is 17.5 Å². The van der Waals surface area contributed by atoms with Gasteiger partial charge < -0.3 is 10.2 Å². The van der Waals surface area contributed by atoms with Gasteiger partial charge in [-0.1, -0.05) is 0 Å². The Morgan fingerprint density at radius 1 is 1.27 bits per heavy atom. The van der Waals surface area contributed by atoms with Crippen molar-refractivity contribution in [1.82, 2.24) is 29.7 Å². The van der Waals surface area contributed by atoms with Crippen LogP contribution in [0.15, 0.2) is 24.7 Å². The highest BCUT2D eigenvalue weighted by molar-refractivity contribution is 5.99. The number of amides is 2. The average Bonchev–Trinajstić information content (AvgIpc) is 3.14. The van der Waals surface area contributed by atoms with E-state index in [1.54, 1.807) is 48.2 Å². The molecular formula is C18H24N6O2. The van der Waals surface area contributed by atoms with E-state index >= 15 is 0 Å². The van der Waals surface area contributed by atoms with E-state index in [9.17, 15) is 9.59 Å². The summed E-state index contributed by atoms with van der Waals surface area (Å²) in [5, 5.41) is 7.34. The average molecular weight is 356 g/mol. The van der Waals surface area contributed by atoms with Crippen molar-refractivity contribution in [2.45, 2.75) is 43.8 Å². The summed E-state index contributed by atoms with van der Waals surface area (Å²) in [5.74, 6) is 0.0164. The van der Waals surface area contributed by atoms with Gasteiger partial charge in [-0.05, 0) is 31.7 Å². The lowest BCUT2D eigenvalue weighted by atomic mass is 9.97. The van der Waals surface area contributed by atoms with Gasteiger partial charge in [0, 0.05) is 44.6 Å². The summed E-state index contributed by atoms with van der Waals surface area (Å²) in [4.78, 5) is 33.0. The first-order valence-corrected chi connectivity index (χ1v) is 9.08. The van der Waals surface area contributed by atoms with Gasteiger partial charge in [-0.25, -0.2) is 9.50 Å². The van der Waals surface area contributed by atoms with Crippen molar-refractivity contribution in [1.29, 1.82) is 0 Å². The van der Waals surface area contributed by atoms with Gasteiger partial charge in [-0.3, -0.25) is 14.5 Å². The number of carbonyl (C=O) groups excluding carboxylic acids is 2. The summed E-state index contributed by atoms with van der Waals surface area (Å²) in [6.07, 6.45) is 8.96. The lowest BCUT2D eigenvalue weighted by Crippen LogP contribution is -2.52. The van der Waals surface area contributed by atoms with Crippen LogP contribution in [-0.4, -0.2) is 75.0 Å². The molecule has 2 amide bonds. The molecule has 26 heavy (non-hydrogen) atoms. The number of nitrogens with one attached hydrogen (secondary N) is 1. The lowest BCUT2D eigenvalue weighted by Gasteiger charge is -2.39. The van der Waals surface area contributed by atoms with E-state index in [1.165, 1.54) is 0 Å². The summed E-state index contributed by atoms with van der Waals surface area (Å²) < 4.78 is 1.61. The topological polar surface area (TPSA) is 82.8 Å². The molecular weight excluding hydrogens is 332 g/mol. The minimum absolute atomic E-state index is 0.124. The second kappa shape index (κ2) is 6.68. The molecule has 2 aromatic rings. The van der Waals surface area contributed by atoms with E-state index < -0.39 is 0 Å². The molecule has 0 aromatic carbocycles. The van der Waals surface area contributed by atoms with Crippen LogP contribution in [0.2, 0.25) is 0 Å². The number of aromatic nitrogens is 3. The predicted octanol–water partition coefficient (Wildman–Crippen LogP) is 0.543. The Kier molecular flexibility index (Phi) is 4.36. The van der Waals surface area contributed by atoms with Gasteiger partial charge in [-0.15, -0.1) is 0 Å². The van der Waals surface area contributed by atoms with E-state index in [0.29, 0.717) is 29.8 Å². The highest BCUT2D eigenvalue weighted by Gasteiger charge is 2.42. The maximum Gasteiger partial charge on any atom is 0.256 e. The molecule has 2 unspecified atom stereocenters. The van der Waals surface area contributed by atoms with Crippen molar-refractivity contribution in [3.8, 4) is 0 Å². The molecule has 2 atom stereocenters. The SMILES string of the molecule is CN(C)C(=O)CN1C2CCC1CC(NC(=O)c1cnn3cccnc13)C2. The van der Waals surface area contributed by atoms with Crippen molar-refractivity contribution in [3.05, 3.63) is 30.2 Å². The van der Waals surface area contributed by atoms with Crippen LogP contribution in [0.1, 0.15) is 36.0 Å². The molecule has 2 fully saturated rings. The summed E-state index contributed by atoms with van der Waals surface area (Å²) in [7, 11) is 3.59. The Bertz CT molecular complexity index is 818. The molecule has 2 aliphatic rings. The third-order valence-electron chi connectivity index (χ3n) is 5.56. The molecule has 4 rings (SSSR count). The number of piperidine rings is 1. The van der Waals surface area contributed by atoms with E-state index in [1.807, 2.05) is 0 Å². The van der Waals surface area contributed by atoms with Gasteiger partial charge in [0.1, 0.15) is 5.56 Å². The minimum Gasteiger partial charge on any atom is -0.349 e. The minimum atomic E-state index is -0.124. The van der Waals surface area contributed by atoms with Crippen LogP contribution in [0.25, 0.3) is 5.65 Å². The highest BCUT2D eigenvalue weighted by atomic mass is 16.2. The molecule has 0 aliphatic carbocycles. The third-order valence-corrected chi connectivity index (χ3v) is 5.56. The van der Waals surface area contributed by atoms with Gasteiger partial charge in [0.25, 0.3) is 5.91 Å². The monoisotopic (exact) mass is 356 g/mol. The number of rotatable bonds is 4. The first-order valence-electron chi connectivity index (χ1n) is 9.08. The molecule has 2 aliphatic heterocycles. The Morgan fingerprint density at radius 2 is 2.00 bits per heavy atom. The molecule has 2 saturated heterocycles. The molecule has 8 nitrogen and oxygen atoms in total. The fraction of sp³-hybridized carbons (Fsp3) is 0.556. The molecule has 2 aromatic heterocycles. The zero-order chi connectivity index (χ0) is 18.3. The summed E-state index contributed by atoms with van der Waals surface area (Å²) >= 11 is 0. The number of nitrogens with zero attached hydrogens (tertiary/aromatic N) is 5. The normalized spacial score (nSPS) is 25.4. The molecule has 2 bridgehead atoms. The maximum absolute atomic E-state index is 12.7. The maximum atomic E-state index is 12.7. The molecule has 138 valence electrons. The van der Waals surface area contributed by atoms with Crippen molar-refractivity contribution in [2.75, 3.05) is 20.6 Å². The zero-order valence-electron chi connectivity index (χ0n) is 15.1. The predicted molar refractivity (Wildman–Crippen MR) is 95.7 cm³/mol. The summed E-state index contributed by atoms with van der Waals surface area (Å²) in [5.41, 5.74) is 1.07. The van der Waals surface area contributed by atoms with Gasteiger partial charge in [0.15, 0.2) is 5.65 Å². The number of fused-ring (bicyclic) bond motifs is 3. The van der Waals surface area contributed by atoms with Crippen LogP contribution in [0.4, 0.5) is 0 Å². The quantitative estimate of drug-likeness (QED) is 0.865. The van der Waals surface area contributed by atoms with Crippen LogP contribution in [0, 0.1) is 0 Å². The second-order valence-corrected chi connectivity index (χ2v) is 7.43. The Morgan fingerprint density at radius 3 is 2.69 bits per heavy atom. The number of hydrogen-bond donors (Lipinski definition) is 1. The fourth-order valence-electron chi connectivity index (χ4n) is 4.20. The Balaban J connectivity index is 1.42. The van der Waals surface area contributed by atoms with E-state index in [0.717, 1.165) is 25.7 Å². The second-order valence-electron chi connectivity index (χ2n) is 7.43. The van der Waals surface area contributed by atoms with E-state index in [-0.39, 0.29) is 17.9 Å². The molecule has 0 saturated carbocycles. The molecule has 4 heterocycles. The first kappa shape index (κ1) is 17.0. The number of likely N-dealkylation sites (N-methyl/N-ethyl adjacent to an activating group) is 1.